The molecular formula is C18H20ClN3O3. The van der Waals surface area contributed by atoms with Crippen molar-refractivity contribution in [3.63, 3.8) is 0 Å². The first-order chi connectivity index (χ1) is 12.1. The van der Waals surface area contributed by atoms with Crippen molar-refractivity contribution in [2.24, 2.45) is 0 Å². The van der Waals surface area contributed by atoms with Gasteiger partial charge in [-0.05, 0) is 55.5 Å². The van der Waals surface area contributed by atoms with Crippen LogP contribution in [0.2, 0.25) is 5.02 Å². The summed E-state index contributed by atoms with van der Waals surface area (Å²) in [5.41, 5.74) is 1.95. The average Bonchev–Trinajstić information content (AvgIpc) is 2.61. The number of halogens is 1. The van der Waals surface area contributed by atoms with Gasteiger partial charge in [0.1, 0.15) is 5.75 Å². The largest absolute Gasteiger partial charge is 0.484 e. The molecule has 6 nitrogen and oxygen atoms in total. The molecule has 3 rings (SSSR count). The number of aromatic nitrogens is 2. The van der Waals surface area contributed by atoms with Crippen LogP contribution < -0.4 is 15.6 Å². The maximum Gasteiger partial charge on any atom is 0.267 e. The van der Waals surface area contributed by atoms with Crippen molar-refractivity contribution in [2.75, 3.05) is 13.2 Å². The van der Waals surface area contributed by atoms with E-state index < -0.39 is 0 Å². The smallest absolute Gasteiger partial charge is 0.267 e. The predicted molar refractivity (Wildman–Crippen MR) is 95.1 cm³/mol. The molecule has 0 aliphatic heterocycles. The zero-order valence-electron chi connectivity index (χ0n) is 13.8. The molecule has 2 aromatic rings. The summed E-state index contributed by atoms with van der Waals surface area (Å²) in [5.74, 6) is 0.327. The zero-order valence-corrected chi connectivity index (χ0v) is 14.6. The first-order valence-corrected chi connectivity index (χ1v) is 8.74. The first-order valence-electron chi connectivity index (χ1n) is 8.37. The topological polar surface area (TPSA) is 73.2 Å². The van der Waals surface area contributed by atoms with Crippen LogP contribution in [0.5, 0.6) is 5.75 Å². The number of aryl methyl sites for hydroxylation is 2. The van der Waals surface area contributed by atoms with Gasteiger partial charge in [0.15, 0.2) is 6.61 Å². The summed E-state index contributed by atoms with van der Waals surface area (Å²) in [6.07, 6.45) is 4.06. The van der Waals surface area contributed by atoms with Crippen LogP contribution in [0.1, 0.15) is 24.1 Å². The van der Waals surface area contributed by atoms with Crippen molar-refractivity contribution in [1.29, 1.82) is 0 Å². The van der Waals surface area contributed by atoms with E-state index in [0.717, 1.165) is 36.9 Å². The van der Waals surface area contributed by atoms with Gasteiger partial charge in [-0.15, -0.1) is 0 Å². The Morgan fingerprint density at radius 3 is 2.80 bits per heavy atom. The van der Waals surface area contributed by atoms with Gasteiger partial charge in [0, 0.05) is 17.6 Å². The Morgan fingerprint density at radius 1 is 1.24 bits per heavy atom. The van der Waals surface area contributed by atoms with E-state index in [4.69, 9.17) is 16.3 Å². The third-order valence-electron chi connectivity index (χ3n) is 4.10. The molecule has 1 amide bonds. The van der Waals surface area contributed by atoms with Crippen LogP contribution in [0, 0.1) is 0 Å². The highest BCUT2D eigenvalue weighted by Gasteiger charge is 2.13. The second kappa shape index (κ2) is 8.16. The summed E-state index contributed by atoms with van der Waals surface area (Å²) in [5, 5.41) is 7.76. The van der Waals surface area contributed by atoms with Gasteiger partial charge in [-0.3, -0.25) is 9.59 Å². The lowest BCUT2D eigenvalue weighted by atomic mass is 9.97. The molecule has 1 heterocycles. The number of ether oxygens (including phenoxy) is 1. The molecule has 1 aliphatic carbocycles. The number of fused-ring (bicyclic) bond motifs is 1. The van der Waals surface area contributed by atoms with Crippen molar-refractivity contribution < 1.29 is 9.53 Å². The molecule has 0 radical (unpaired) electrons. The van der Waals surface area contributed by atoms with E-state index in [-0.39, 0.29) is 18.1 Å². The van der Waals surface area contributed by atoms with Crippen LogP contribution in [0.4, 0.5) is 0 Å². The molecule has 0 fully saturated rings. The summed E-state index contributed by atoms with van der Waals surface area (Å²) >= 11 is 5.79. The third-order valence-corrected chi connectivity index (χ3v) is 4.36. The van der Waals surface area contributed by atoms with E-state index in [9.17, 15) is 9.59 Å². The van der Waals surface area contributed by atoms with Gasteiger partial charge in [-0.2, -0.15) is 5.10 Å². The number of nitrogens with zero attached hydrogens (tertiary/aromatic N) is 2. The summed E-state index contributed by atoms with van der Waals surface area (Å²) in [6.45, 7) is 0.585. The van der Waals surface area contributed by atoms with Gasteiger partial charge >= 0.3 is 0 Å². The van der Waals surface area contributed by atoms with Crippen LogP contribution in [-0.2, 0) is 24.2 Å². The SMILES string of the molecule is O=C(COc1ccc(Cl)cc1)NCCn1nc2c(cc1=O)CCCC2. The molecule has 0 bridgehead atoms. The van der Waals surface area contributed by atoms with Gasteiger partial charge in [0.25, 0.3) is 11.5 Å². The van der Waals surface area contributed by atoms with Gasteiger partial charge in [-0.25, -0.2) is 4.68 Å². The summed E-state index contributed by atoms with van der Waals surface area (Å²) in [4.78, 5) is 23.9. The van der Waals surface area contributed by atoms with E-state index in [2.05, 4.69) is 10.4 Å². The van der Waals surface area contributed by atoms with E-state index in [1.165, 1.54) is 4.68 Å². The van der Waals surface area contributed by atoms with E-state index >= 15 is 0 Å². The fourth-order valence-electron chi connectivity index (χ4n) is 2.79. The molecule has 0 atom stereocenters. The number of hydrogen-bond acceptors (Lipinski definition) is 4. The number of nitrogens with one attached hydrogen (secondary N) is 1. The van der Waals surface area contributed by atoms with Crippen molar-refractivity contribution in [3.05, 3.63) is 57.0 Å². The number of amides is 1. The molecule has 0 spiro atoms. The number of hydrogen-bond donors (Lipinski definition) is 1. The zero-order chi connectivity index (χ0) is 17.6. The molecule has 132 valence electrons. The highest BCUT2D eigenvalue weighted by Crippen LogP contribution is 2.17. The third kappa shape index (κ3) is 4.82. The fraction of sp³-hybridized carbons (Fsp3) is 0.389. The second-order valence-corrected chi connectivity index (χ2v) is 6.41. The highest BCUT2D eigenvalue weighted by molar-refractivity contribution is 6.30. The number of benzene rings is 1. The lowest BCUT2D eigenvalue weighted by Crippen LogP contribution is -2.35. The van der Waals surface area contributed by atoms with E-state index in [1.54, 1.807) is 30.3 Å². The molecule has 1 aromatic carbocycles. The lowest BCUT2D eigenvalue weighted by Gasteiger charge is -2.16. The van der Waals surface area contributed by atoms with Gasteiger partial charge in [0.05, 0.1) is 12.2 Å². The van der Waals surface area contributed by atoms with Crippen LogP contribution >= 0.6 is 11.6 Å². The van der Waals surface area contributed by atoms with Crippen LogP contribution in [0.25, 0.3) is 0 Å². The van der Waals surface area contributed by atoms with Crippen molar-refractivity contribution in [2.45, 2.75) is 32.2 Å². The standard InChI is InChI=1S/C18H20ClN3O3/c19-14-5-7-15(8-6-14)25-12-17(23)20-9-10-22-18(24)11-13-3-1-2-4-16(13)21-22/h5-8,11H,1-4,9-10,12H2,(H,20,23). The predicted octanol–water partition coefficient (Wildman–Crippen LogP) is 1.97. The Hall–Kier alpha value is -2.34. The van der Waals surface area contributed by atoms with Crippen molar-refractivity contribution in [1.82, 2.24) is 15.1 Å². The summed E-state index contributed by atoms with van der Waals surface area (Å²) in [6, 6.07) is 8.47. The Balaban J connectivity index is 1.47. The quantitative estimate of drug-likeness (QED) is 0.853. The molecule has 1 N–H and O–H groups in total. The Bertz CT molecular complexity index is 802. The van der Waals surface area contributed by atoms with Crippen molar-refractivity contribution in [3.8, 4) is 5.75 Å². The molecule has 1 aliphatic rings. The average molecular weight is 362 g/mol. The minimum absolute atomic E-state index is 0.0891. The minimum Gasteiger partial charge on any atom is -0.484 e. The summed E-state index contributed by atoms with van der Waals surface area (Å²) in [7, 11) is 0. The normalized spacial score (nSPS) is 13.2. The molecule has 0 saturated heterocycles. The highest BCUT2D eigenvalue weighted by atomic mass is 35.5. The number of carbonyl (C=O) groups excluding carboxylic acids is 1. The monoisotopic (exact) mass is 361 g/mol. The number of carbonyl (C=O) groups is 1. The minimum atomic E-state index is -0.249. The molecule has 1 aromatic heterocycles. The maximum atomic E-state index is 12.1. The maximum absolute atomic E-state index is 12.1. The first kappa shape index (κ1) is 17.5. The fourth-order valence-corrected chi connectivity index (χ4v) is 2.92. The van der Waals surface area contributed by atoms with E-state index in [1.807, 2.05) is 0 Å². The second-order valence-electron chi connectivity index (χ2n) is 5.98. The van der Waals surface area contributed by atoms with Crippen molar-refractivity contribution >= 4 is 17.5 Å². The molecule has 7 heteroatoms. The Kier molecular flexibility index (Phi) is 5.71. The van der Waals surface area contributed by atoms with Crippen LogP contribution in [0.3, 0.4) is 0 Å². The lowest BCUT2D eigenvalue weighted by molar-refractivity contribution is -0.123. The van der Waals surface area contributed by atoms with Gasteiger partial charge < -0.3 is 10.1 Å². The van der Waals surface area contributed by atoms with Crippen LogP contribution in [0.15, 0.2) is 35.1 Å². The Morgan fingerprint density at radius 2 is 2.00 bits per heavy atom. The molecule has 0 saturated carbocycles. The molecule has 25 heavy (non-hydrogen) atoms. The number of rotatable bonds is 6. The van der Waals surface area contributed by atoms with Crippen LogP contribution in [-0.4, -0.2) is 28.8 Å². The Labute approximate surface area is 150 Å². The summed E-state index contributed by atoms with van der Waals surface area (Å²) < 4.78 is 6.79. The molecule has 0 unspecified atom stereocenters. The van der Waals surface area contributed by atoms with Gasteiger partial charge in [0.2, 0.25) is 0 Å². The molecular weight excluding hydrogens is 342 g/mol. The van der Waals surface area contributed by atoms with Gasteiger partial charge in [-0.1, -0.05) is 11.6 Å². The van der Waals surface area contributed by atoms with E-state index in [0.29, 0.717) is 23.9 Å².